The van der Waals surface area contributed by atoms with Crippen LogP contribution in [0.1, 0.15) is 23.6 Å². The molecule has 0 bridgehead atoms. The fourth-order valence-corrected chi connectivity index (χ4v) is 1.79. The first-order valence-corrected chi connectivity index (χ1v) is 4.69. The Bertz CT molecular complexity index is 298. The SMILES string of the molecule is Cc1cccc(Cl)c1[C@H](N)CC(F)F.Cl. The van der Waals surface area contributed by atoms with E-state index in [0.29, 0.717) is 10.6 Å². The van der Waals surface area contributed by atoms with Gasteiger partial charge in [0.15, 0.2) is 0 Å². The second-order valence-electron chi connectivity index (χ2n) is 3.20. The van der Waals surface area contributed by atoms with E-state index in [4.69, 9.17) is 17.3 Å². The van der Waals surface area contributed by atoms with Crippen molar-refractivity contribution in [2.75, 3.05) is 0 Å². The Morgan fingerprint density at radius 3 is 2.47 bits per heavy atom. The predicted molar refractivity (Wildman–Crippen MR) is 61.0 cm³/mol. The summed E-state index contributed by atoms with van der Waals surface area (Å²) in [5.41, 5.74) is 7.11. The van der Waals surface area contributed by atoms with Gasteiger partial charge in [-0.25, -0.2) is 8.78 Å². The zero-order valence-corrected chi connectivity index (χ0v) is 9.79. The first-order valence-electron chi connectivity index (χ1n) is 4.31. The fourth-order valence-electron chi connectivity index (χ4n) is 1.42. The minimum absolute atomic E-state index is 0. The van der Waals surface area contributed by atoms with Crippen LogP contribution in [0.5, 0.6) is 0 Å². The minimum Gasteiger partial charge on any atom is -0.324 e. The molecule has 0 amide bonds. The Balaban J connectivity index is 0.00000196. The highest BCUT2D eigenvalue weighted by Gasteiger charge is 2.17. The number of benzene rings is 1. The van der Waals surface area contributed by atoms with Crippen LogP contribution < -0.4 is 5.73 Å². The number of nitrogens with two attached hydrogens (primary N) is 1. The lowest BCUT2D eigenvalue weighted by molar-refractivity contribution is 0.128. The lowest BCUT2D eigenvalue weighted by atomic mass is 10.00. The number of alkyl halides is 2. The van der Waals surface area contributed by atoms with Crippen molar-refractivity contribution >= 4 is 24.0 Å². The number of hydrogen-bond acceptors (Lipinski definition) is 1. The summed E-state index contributed by atoms with van der Waals surface area (Å²) in [6.45, 7) is 1.81. The van der Waals surface area contributed by atoms with Crippen molar-refractivity contribution in [3.63, 3.8) is 0 Å². The van der Waals surface area contributed by atoms with Gasteiger partial charge in [-0.05, 0) is 24.1 Å². The number of hydrogen-bond donors (Lipinski definition) is 1. The van der Waals surface area contributed by atoms with Crippen LogP contribution in [0.3, 0.4) is 0 Å². The number of aryl methyl sites for hydroxylation is 1. The van der Waals surface area contributed by atoms with E-state index in [-0.39, 0.29) is 18.8 Å². The molecule has 0 fully saturated rings. The molecule has 15 heavy (non-hydrogen) atoms. The van der Waals surface area contributed by atoms with Gasteiger partial charge in [-0.15, -0.1) is 12.4 Å². The summed E-state index contributed by atoms with van der Waals surface area (Å²) < 4.78 is 24.2. The van der Waals surface area contributed by atoms with Crippen LogP contribution >= 0.6 is 24.0 Å². The Morgan fingerprint density at radius 1 is 1.40 bits per heavy atom. The average molecular weight is 256 g/mol. The van der Waals surface area contributed by atoms with Crippen LogP contribution in [0.4, 0.5) is 8.78 Å². The van der Waals surface area contributed by atoms with Crippen molar-refractivity contribution in [3.8, 4) is 0 Å². The largest absolute Gasteiger partial charge is 0.324 e. The molecule has 1 rings (SSSR count). The third-order valence-corrected chi connectivity index (χ3v) is 2.40. The highest BCUT2D eigenvalue weighted by Crippen LogP contribution is 2.28. The van der Waals surface area contributed by atoms with Gasteiger partial charge in [-0.2, -0.15) is 0 Å². The van der Waals surface area contributed by atoms with Crippen LogP contribution in [-0.2, 0) is 0 Å². The van der Waals surface area contributed by atoms with E-state index >= 15 is 0 Å². The molecule has 0 unspecified atom stereocenters. The van der Waals surface area contributed by atoms with Gasteiger partial charge < -0.3 is 5.73 Å². The summed E-state index contributed by atoms with van der Waals surface area (Å²) in [5.74, 6) is 0. The summed E-state index contributed by atoms with van der Waals surface area (Å²) in [6, 6.07) is 4.56. The van der Waals surface area contributed by atoms with Crippen LogP contribution in [-0.4, -0.2) is 6.43 Å². The van der Waals surface area contributed by atoms with Crippen LogP contribution in [0.25, 0.3) is 0 Å². The van der Waals surface area contributed by atoms with E-state index in [1.54, 1.807) is 12.1 Å². The number of rotatable bonds is 3. The highest BCUT2D eigenvalue weighted by atomic mass is 35.5. The molecular formula is C10H13Cl2F2N. The minimum atomic E-state index is -2.40. The van der Waals surface area contributed by atoms with Gasteiger partial charge in [0.2, 0.25) is 6.43 Å². The molecule has 0 aliphatic heterocycles. The standard InChI is InChI=1S/C10H12ClF2N.ClH/c1-6-3-2-4-7(11)10(6)8(14)5-9(12)13;/h2-4,8-9H,5,14H2,1H3;1H/t8-;/m1./s1. The monoisotopic (exact) mass is 255 g/mol. The molecule has 0 spiro atoms. The van der Waals surface area contributed by atoms with Gasteiger partial charge in [-0.1, -0.05) is 23.7 Å². The van der Waals surface area contributed by atoms with E-state index in [1.165, 1.54) is 0 Å². The van der Waals surface area contributed by atoms with Gasteiger partial charge >= 0.3 is 0 Å². The molecule has 1 atom stereocenters. The second-order valence-corrected chi connectivity index (χ2v) is 3.61. The molecule has 0 aliphatic rings. The lowest BCUT2D eigenvalue weighted by Gasteiger charge is -2.15. The smallest absolute Gasteiger partial charge is 0.240 e. The summed E-state index contributed by atoms with van der Waals surface area (Å²) in [4.78, 5) is 0. The van der Waals surface area contributed by atoms with E-state index in [9.17, 15) is 8.78 Å². The van der Waals surface area contributed by atoms with Crippen molar-refractivity contribution in [3.05, 3.63) is 34.3 Å². The van der Waals surface area contributed by atoms with Crippen molar-refractivity contribution in [2.24, 2.45) is 5.73 Å². The first kappa shape index (κ1) is 14.6. The first-order chi connectivity index (χ1) is 6.52. The molecule has 0 aromatic heterocycles. The molecule has 5 heteroatoms. The van der Waals surface area contributed by atoms with E-state index < -0.39 is 12.5 Å². The van der Waals surface area contributed by atoms with Crippen molar-refractivity contribution in [2.45, 2.75) is 25.8 Å². The Kier molecular flexibility index (Phi) is 6.10. The normalized spacial score (nSPS) is 12.4. The molecule has 0 radical (unpaired) electrons. The summed E-state index contributed by atoms with van der Waals surface area (Å²) in [5, 5.41) is 0.457. The van der Waals surface area contributed by atoms with Crippen molar-refractivity contribution in [1.82, 2.24) is 0 Å². The van der Waals surface area contributed by atoms with E-state index in [0.717, 1.165) is 5.56 Å². The maximum absolute atomic E-state index is 12.1. The van der Waals surface area contributed by atoms with E-state index in [1.807, 2.05) is 13.0 Å². The van der Waals surface area contributed by atoms with Gasteiger partial charge in [0.25, 0.3) is 0 Å². The molecule has 0 saturated heterocycles. The predicted octanol–water partition coefficient (Wildman–Crippen LogP) is 3.73. The molecule has 1 aromatic rings. The molecule has 0 saturated carbocycles. The highest BCUT2D eigenvalue weighted by molar-refractivity contribution is 6.31. The van der Waals surface area contributed by atoms with Crippen LogP contribution in [0.2, 0.25) is 5.02 Å². The topological polar surface area (TPSA) is 26.0 Å². The van der Waals surface area contributed by atoms with Crippen molar-refractivity contribution < 1.29 is 8.78 Å². The molecule has 1 nitrogen and oxygen atoms in total. The lowest BCUT2D eigenvalue weighted by Crippen LogP contribution is -2.15. The summed E-state index contributed by atoms with van der Waals surface area (Å²) >= 11 is 5.88. The van der Waals surface area contributed by atoms with E-state index in [2.05, 4.69) is 0 Å². The zero-order chi connectivity index (χ0) is 10.7. The molecule has 2 N–H and O–H groups in total. The van der Waals surface area contributed by atoms with Gasteiger partial charge in [0, 0.05) is 17.5 Å². The van der Waals surface area contributed by atoms with Gasteiger partial charge in [-0.3, -0.25) is 0 Å². The van der Waals surface area contributed by atoms with Crippen molar-refractivity contribution in [1.29, 1.82) is 0 Å². The fraction of sp³-hybridized carbons (Fsp3) is 0.400. The maximum Gasteiger partial charge on any atom is 0.240 e. The third-order valence-electron chi connectivity index (χ3n) is 2.07. The van der Waals surface area contributed by atoms with Gasteiger partial charge in [0.05, 0.1) is 0 Å². The van der Waals surface area contributed by atoms with Gasteiger partial charge in [0.1, 0.15) is 0 Å². The Labute approximate surface area is 99.0 Å². The molecule has 0 aliphatic carbocycles. The third kappa shape index (κ3) is 3.93. The Morgan fingerprint density at radius 2 is 2.00 bits per heavy atom. The maximum atomic E-state index is 12.1. The number of halogens is 4. The second kappa shape index (κ2) is 6.26. The molecule has 1 aromatic carbocycles. The molecule has 0 heterocycles. The summed E-state index contributed by atoms with van der Waals surface area (Å²) in [6.07, 6.45) is -2.76. The zero-order valence-electron chi connectivity index (χ0n) is 8.21. The molecular weight excluding hydrogens is 243 g/mol. The van der Waals surface area contributed by atoms with Crippen LogP contribution in [0, 0.1) is 6.92 Å². The Hall–Kier alpha value is -0.380. The quantitative estimate of drug-likeness (QED) is 0.876. The summed E-state index contributed by atoms with van der Waals surface area (Å²) in [7, 11) is 0. The average Bonchev–Trinajstić information content (AvgIpc) is 2.01. The van der Waals surface area contributed by atoms with Crippen LogP contribution in [0.15, 0.2) is 18.2 Å². The molecule has 86 valence electrons.